The summed E-state index contributed by atoms with van der Waals surface area (Å²) in [6.07, 6.45) is 0. The van der Waals surface area contributed by atoms with Gasteiger partial charge in [0, 0.05) is 0 Å². The van der Waals surface area contributed by atoms with Gasteiger partial charge in [-0.05, 0) is 0 Å². The van der Waals surface area contributed by atoms with E-state index >= 15 is 0 Å². The third kappa shape index (κ3) is 4.81. The van der Waals surface area contributed by atoms with Gasteiger partial charge in [0.1, 0.15) is 0 Å². The molecule has 0 amide bonds. The first-order chi connectivity index (χ1) is 17.9. The molecule has 0 spiro atoms. The van der Waals surface area contributed by atoms with Crippen molar-refractivity contribution in [2.24, 2.45) is 0 Å². The Balaban J connectivity index is -0.000000154. The summed E-state index contributed by atoms with van der Waals surface area (Å²) < 4.78 is 0. The van der Waals surface area contributed by atoms with E-state index in [1.807, 2.05) is 0 Å². The maximum Gasteiger partial charge on any atom is 3.00 e. The second-order valence-electron chi connectivity index (χ2n) is 5.40. The molecule has 0 heterocycles. The molecule has 204 valence electrons. The first kappa shape index (κ1) is 44.6. The minimum Gasteiger partial charge on any atom is 3.00 e. The Labute approximate surface area is 253 Å². The van der Waals surface area contributed by atoms with Crippen LogP contribution in [-0.2, 0) is 71.2 Å². The molecule has 0 aromatic heterocycles. The summed E-state index contributed by atoms with van der Waals surface area (Å²) in [4.78, 5) is 18.6. The van der Waals surface area contributed by atoms with Gasteiger partial charge in [-0.3, -0.25) is 0 Å². The minimum atomic E-state index is -6.17. The van der Waals surface area contributed by atoms with E-state index in [0.29, 0.717) is 0 Å². The number of hydrogen-bond acceptors (Lipinski definition) is 18. The zero-order chi connectivity index (χ0) is 32.0. The normalized spacial score (nSPS) is 12.7. The summed E-state index contributed by atoms with van der Waals surface area (Å²) in [5.74, 6) is 0. The minimum absolute atomic E-state index is 0. The van der Waals surface area contributed by atoms with Crippen molar-refractivity contribution in [3.05, 3.63) is 0 Å². The molecule has 0 radical (unpaired) electrons. The maximum absolute atomic E-state index is 8.58. The van der Waals surface area contributed by atoms with Crippen LogP contribution >= 0.6 is 0 Å². The zero-order valence-electron chi connectivity index (χ0n) is 18.8. The van der Waals surface area contributed by atoms with Gasteiger partial charge in [0.15, 0.2) is 0 Å². The first-order valence-corrected chi connectivity index (χ1v) is 17.1. The van der Waals surface area contributed by atoms with E-state index in [-0.39, 0.29) is 39.0 Å². The summed E-state index contributed by atoms with van der Waals surface area (Å²) in [6, 6.07) is 0. The number of rotatable bonds is 0. The van der Waals surface area contributed by atoms with Crippen LogP contribution in [0.4, 0.5) is 0 Å². The zero-order valence-corrected chi connectivity index (χ0v) is 25.4. The molecule has 0 aliphatic heterocycles. The van der Waals surface area contributed by atoms with Crippen LogP contribution in [0.2, 0.25) is 0 Å². The van der Waals surface area contributed by atoms with Crippen LogP contribution < -0.4 is 0 Å². The van der Waals surface area contributed by atoms with Gasteiger partial charge >= 0.3 is 255 Å². The summed E-state index contributed by atoms with van der Waals surface area (Å²) >= 11 is 0. The van der Waals surface area contributed by atoms with Gasteiger partial charge in [-0.2, -0.15) is 0 Å². The Morgan fingerprint density at radius 2 is 0.220 bits per heavy atom. The molecule has 0 saturated carbocycles. The summed E-state index contributed by atoms with van der Waals surface area (Å²) in [5, 5.41) is 154. The van der Waals surface area contributed by atoms with Crippen LogP contribution in [0.3, 0.4) is 0 Å². The van der Waals surface area contributed by atoms with Crippen LogP contribution in [0.1, 0.15) is 0 Å². The molecule has 0 atom stereocenters. The van der Waals surface area contributed by atoms with E-state index in [2.05, 4.69) is 0 Å². The Kier molecular flexibility index (Phi) is 12.1. The molecule has 18 nitrogen and oxygen atoms in total. The molecule has 0 fully saturated rings. The molecule has 0 aliphatic carbocycles. The molecule has 0 aliphatic rings. The summed E-state index contributed by atoms with van der Waals surface area (Å²) in [5.41, 5.74) is 0. The molecule has 41 heavy (non-hydrogen) atoms. The molecule has 0 N–H and O–H groups in total. The van der Waals surface area contributed by atoms with Crippen LogP contribution in [-0.4, -0.2) is 0 Å². The first-order valence-electron chi connectivity index (χ1n) is 7.21. The molecule has 0 aromatic rings. The molecule has 0 rings (SSSR count). The summed E-state index contributed by atoms with van der Waals surface area (Å²) in [7, 11) is -18.5. The van der Waals surface area contributed by atoms with Crippen LogP contribution in [0.25, 0.3) is 0 Å². The Morgan fingerprint density at radius 1 is 0.171 bits per heavy atom. The van der Waals surface area contributed by atoms with Crippen molar-refractivity contribution in [1.29, 1.82) is 94.7 Å². The van der Waals surface area contributed by atoms with Gasteiger partial charge in [0.05, 0.1) is 0 Å². The standard InChI is InChI=1S/18CN.3Fe.2Rh/c18*1-2;;;;;/q;;;;;;;;;;;;;;;;;;3*-2;2*+3. The van der Waals surface area contributed by atoms with Crippen LogP contribution in [0, 0.1) is 184 Å². The van der Waals surface area contributed by atoms with E-state index in [9.17, 15) is 0 Å². The fourth-order valence-electron chi connectivity index (χ4n) is 0.795. The van der Waals surface area contributed by atoms with Crippen molar-refractivity contribution in [2.45, 2.75) is 0 Å². The van der Waals surface area contributed by atoms with E-state index in [4.69, 9.17) is 94.7 Å². The smallest absolute Gasteiger partial charge is 3.00 e. The van der Waals surface area contributed by atoms with Crippen molar-refractivity contribution in [2.75, 3.05) is 0 Å². The monoisotopic (exact) mass is 842 g/mol. The fraction of sp³-hybridized carbons (Fsp3) is 0. The van der Waals surface area contributed by atoms with Gasteiger partial charge in [-0.25, -0.2) is 0 Å². The third-order valence-electron chi connectivity index (χ3n) is 3.56. The van der Waals surface area contributed by atoms with E-state index in [1.54, 1.807) is 0 Å². The van der Waals surface area contributed by atoms with Crippen LogP contribution in [0.5, 0.6) is 0 Å². The molecule has 0 bridgehead atoms. The average Bonchev–Trinajstić information content (AvgIpc) is 3.06. The average molecular weight is 842 g/mol. The van der Waals surface area contributed by atoms with Crippen molar-refractivity contribution >= 4 is 0 Å². The second kappa shape index (κ2) is 11.2. The number of nitriles is 18. The number of hydrogen-bond donors (Lipinski definition) is 0. The predicted octanol–water partition coefficient (Wildman–Crippen LogP) is 0.290. The van der Waals surface area contributed by atoms with Gasteiger partial charge in [-0.1, -0.05) is 0 Å². The van der Waals surface area contributed by atoms with Crippen molar-refractivity contribution in [1.82, 2.24) is 0 Å². The second-order valence-corrected chi connectivity index (χ2v) is 22.3. The molecule has 0 saturated heterocycles. The van der Waals surface area contributed by atoms with Gasteiger partial charge in [-0.15, -0.1) is 0 Å². The van der Waals surface area contributed by atoms with Gasteiger partial charge in [0.25, 0.3) is 0 Å². The van der Waals surface area contributed by atoms with Gasteiger partial charge in [0.2, 0.25) is 0 Å². The van der Waals surface area contributed by atoms with E-state index in [1.165, 1.54) is 0 Å². The van der Waals surface area contributed by atoms with E-state index in [0.717, 1.165) is 89.4 Å². The number of nitrogens with zero attached hydrogens (tertiary/aromatic N) is 18. The summed E-state index contributed by atoms with van der Waals surface area (Å²) in [6.45, 7) is 0. The molecular weight excluding hydrogens is 842 g/mol. The van der Waals surface area contributed by atoms with Gasteiger partial charge < -0.3 is 0 Å². The van der Waals surface area contributed by atoms with E-state index < -0.39 is 32.2 Å². The SMILES string of the molecule is N#[C][Fe-2]([C]#N)([C]#N)([C]#N)([C]#N)[C]#N.N#[C][Fe-2]([C]#N)([C]#N)([C]#N)([C]#N)[C]#N.N#[C][Fe-2]([C]#N)([C]#N)([C]#N)([C]#N)[C]#N.[Rh+3].[Rh+3]. The molecule has 0 unspecified atom stereocenters. The van der Waals surface area contributed by atoms with Crippen molar-refractivity contribution in [3.63, 3.8) is 0 Å². The van der Waals surface area contributed by atoms with Crippen molar-refractivity contribution < 1.29 is 71.2 Å². The third-order valence-corrected chi connectivity index (χ3v) is 14.7. The molecule has 23 heteroatoms. The largest absolute Gasteiger partial charge is 3.00 e. The predicted molar refractivity (Wildman–Crippen MR) is 101 cm³/mol. The topological polar surface area (TPSA) is 428 Å². The Bertz CT molecular complexity index is 1410. The van der Waals surface area contributed by atoms with Crippen LogP contribution in [0.15, 0.2) is 0 Å². The Morgan fingerprint density at radius 3 is 0.220 bits per heavy atom. The molecular formula is C18Fe3N18Rh2. The van der Waals surface area contributed by atoms with Crippen molar-refractivity contribution in [3.8, 4) is 89.4 Å². The maximum atomic E-state index is 8.58. The quantitative estimate of drug-likeness (QED) is 0.296. The Hall–Kier alpha value is -6.37. The molecule has 0 aromatic carbocycles. The fourth-order valence-corrected chi connectivity index (χ4v) is 3.28.